The lowest BCUT2D eigenvalue weighted by atomic mass is 9.93. The van der Waals surface area contributed by atoms with Gasteiger partial charge in [-0.15, -0.1) is 0 Å². The highest BCUT2D eigenvalue weighted by Gasteiger charge is 2.17. The summed E-state index contributed by atoms with van der Waals surface area (Å²) in [6.07, 6.45) is 7.51. The molecule has 0 bridgehead atoms. The monoisotopic (exact) mass is 192 g/mol. The van der Waals surface area contributed by atoms with E-state index in [0.29, 0.717) is 0 Å². The molecular weight excluding hydrogens is 172 g/mol. The number of aryl methyl sites for hydroxylation is 2. The van der Waals surface area contributed by atoms with Crippen LogP contribution in [0.3, 0.4) is 0 Å². The number of nitrogens with one attached hydrogen (secondary N) is 1. The number of hydrogen-bond acceptors (Lipinski definition) is 1. The van der Waals surface area contributed by atoms with Crippen molar-refractivity contribution in [3.63, 3.8) is 0 Å². The minimum absolute atomic E-state index is 0.805. The van der Waals surface area contributed by atoms with Crippen LogP contribution in [0.4, 0.5) is 0 Å². The predicted molar refractivity (Wildman–Crippen MR) is 59.5 cm³/mol. The van der Waals surface area contributed by atoms with Gasteiger partial charge in [0.15, 0.2) is 0 Å². The molecule has 0 radical (unpaired) electrons. The SMILES string of the molecule is Cc1[nH]c2c(c1CCCN)CCCC2. The summed E-state index contributed by atoms with van der Waals surface area (Å²) in [6.45, 7) is 3.00. The fraction of sp³-hybridized carbons (Fsp3) is 0.667. The molecule has 0 aliphatic heterocycles. The number of H-pyrrole nitrogens is 1. The van der Waals surface area contributed by atoms with Crippen LogP contribution in [0.15, 0.2) is 0 Å². The quantitative estimate of drug-likeness (QED) is 0.756. The summed E-state index contributed by atoms with van der Waals surface area (Å²) in [7, 11) is 0. The van der Waals surface area contributed by atoms with Gasteiger partial charge in [-0.3, -0.25) is 0 Å². The molecule has 0 fully saturated rings. The van der Waals surface area contributed by atoms with Gasteiger partial charge < -0.3 is 10.7 Å². The Balaban J connectivity index is 2.24. The van der Waals surface area contributed by atoms with Crippen LogP contribution in [0, 0.1) is 6.92 Å². The van der Waals surface area contributed by atoms with E-state index in [-0.39, 0.29) is 0 Å². The van der Waals surface area contributed by atoms with Gasteiger partial charge in [0.1, 0.15) is 0 Å². The van der Waals surface area contributed by atoms with Crippen LogP contribution in [-0.2, 0) is 19.3 Å². The minimum Gasteiger partial charge on any atom is -0.362 e. The maximum Gasteiger partial charge on any atom is 0.0184 e. The average molecular weight is 192 g/mol. The van der Waals surface area contributed by atoms with E-state index in [2.05, 4.69) is 11.9 Å². The highest BCUT2D eigenvalue weighted by atomic mass is 14.7. The Morgan fingerprint density at radius 3 is 2.86 bits per heavy atom. The van der Waals surface area contributed by atoms with Crippen LogP contribution >= 0.6 is 0 Å². The van der Waals surface area contributed by atoms with Crippen molar-refractivity contribution in [1.29, 1.82) is 0 Å². The zero-order valence-corrected chi connectivity index (χ0v) is 9.03. The van der Waals surface area contributed by atoms with E-state index in [1.807, 2.05) is 0 Å². The van der Waals surface area contributed by atoms with E-state index < -0.39 is 0 Å². The first-order valence-corrected chi connectivity index (χ1v) is 5.72. The Morgan fingerprint density at radius 1 is 1.29 bits per heavy atom. The predicted octanol–water partition coefficient (Wildman–Crippen LogP) is 2.09. The van der Waals surface area contributed by atoms with Crippen LogP contribution in [0.5, 0.6) is 0 Å². The van der Waals surface area contributed by atoms with Gasteiger partial charge in [-0.25, -0.2) is 0 Å². The topological polar surface area (TPSA) is 41.8 Å². The number of hydrogen-bond donors (Lipinski definition) is 2. The molecule has 1 aliphatic carbocycles. The first-order chi connectivity index (χ1) is 6.83. The summed E-state index contributed by atoms with van der Waals surface area (Å²) in [5, 5.41) is 0. The van der Waals surface area contributed by atoms with Crippen molar-refractivity contribution in [1.82, 2.24) is 4.98 Å². The Bertz CT molecular complexity index is 312. The van der Waals surface area contributed by atoms with E-state index in [1.165, 1.54) is 37.1 Å². The Hall–Kier alpha value is -0.760. The van der Waals surface area contributed by atoms with Gasteiger partial charge in [0, 0.05) is 11.4 Å². The van der Waals surface area contributed by atoms with Crippen molar-refractivity contribution in [2.24, 2.45) is 5.73 Å². The summed E-state index contributed by atoms with van der Waals surface area (Å²) in [5.74, 6) is 0. The number of rotatable bonds is 3. The first-order valence-electron chi connectivity index (χ1n) is 5.72. The van der Waals surface area contributed by atoms with E-state index in [9.17, 15) is 0 Å². The van der Waals surface area contributed by atoms with Gasteiger partial charge in [0.2, 0.25) is 0 Å². The van der Waals surface area contributed by atoms with Gasteiger partial charge in [0.05, 0.1) is 0 Å². The number of fused-ring (bicyclic) bond motifs is 1. The molecule has 0 aromatic carbocycles. The highest BCUT2D eigenvalue weighted by molar-refractivity contribution is 5.38. The van der Waals surface area contributed by atoms with Gasteiger partial charge >= 0.3 is 0 Å². The molecule has 1 aromatic heterocycles. The zero-order chi connectivity index (χ0) is 9.97. The van der Waals surface area contributed by atoms with E-state index in [4.69, 9.17) is 5.73 Å². The highest BCUT2D eigenvalue weighted by Crippen LogP contribution is 2.27. The molecule has 0 unspecified atom stereocenters. The standard InChI is InChI=1S/C12H20N2/c1-9-10(6-4-8-13)11-5-2-3-7-12(11)14-9/h14H,2-8,13H2,1H3. The molecule has 0 saturated heterocycles. The lowest BCUT2D eigenvalue weighted by molar-refractivity contribution is 0.671. The summed E-state index contributed by atoms with van der Waals surface area (Å²) in [5.41, 5.74) is 11.6. The van der Waals surface area contributed by atoms with Crippen molar-refractivity contribution >= 4 is 0 Å². The van der Waals surface area contributed by atoms with Gasteiger partial charge in [-0.05, 0) is 63.1 Å². The molecule has 1 aliphatic rings. The third-order valence-corrected chi connectivity index (χ3v) is 3.25. The zero-order valence-electron chi connectivity index (χ0n) is 9.03. The van der Waals surface area contributed by atoms with Crippen molar-refractivity contribution in [2.75, 3.05) is 6.54 Å². The Kier molecular flexibility index (Phi) is 2.92. The third-order valence-electron chi connectivity index (χ3n) is 3.25. The second-order valence-corrected chi connectivity index (χ2v) is 4.28. The van der Waals surface area contributed by atoms with Crippen LogP contribution in [0.25, 0.3) is 0 Å². The Morgan fingerprint density at radius 2 is 2.07 bits per heavy atom. The van der Waals surface area contributed by atoms with E-state index >= 15 is 0 Å². The summed E-state index contributed by atoms with van der Waals surface area (Å²) in [4.78, 5) is 3.53. The molecular formula is C12H20N2. The van der Waals surface area contributed by atoms with Crippen LogP contribution in [0.2, 0.25) is 0 Å². The van der Waals surface area contributed by atoms with Gasteiger partial charge in [-0.1, -0.05) is 0 Å². The number of nitrogens with two attached hydrogens (primary N) is 1. The van der Waals surface area contributed by atoms with E-state index in [1.54, 1.807) is 11.1 Å². The fourth-order valence-corrected chi connectivity index (χ4v) is 2.52. The van der Waals surface area contributed by atoms with Crippen LogP contribution in [0.1, 0.15) is 41.8 Å². The Labute approximate surface area is 85.9 Å². The molecule has 14 heavy (non-hydrogen) atoms. The third kappa shape index (κ3) is 1.71. The van der Waals surface area contributed by atoms with Crippen LogP contribution < -0.4 is 5.73 Å². The number of aromatic amines is 1. The summed E-state index contributed by atoms with van der Waals surface area (Å²) in [6, 6.07) is 0. The van der Waals surface area contributed by atoms with Crippen molar-refractivity contribution in [2.45, 2.75) is 45.4 Å². The second-order valence-electron chi connectivity index (χ2n) is 4.28. The molecule has 3 N–H and O–H groups in total. The van der Waals surface area contributed by atoms with E-state index in [0.717, 1.165) is 19.4 Å². The molecule has 1 aromatic rings. The molecule has 0 amide bonds. The maximum atomic E-state index is 5.56. The normalized spacial score (nSPS) is 15.6. The first kappa shape index (κ1) is 9.78. The van der Waals surface area contributed by atoms with Gasteiger partial charge in [0.25, 0.3) is 0 Å². The van der Waals surface area contributed by atoms with Crippen molar-refractivity contribution in [3.8, 4) is 0 Å². The largest absolute Gasteiger partial charge is 0.362 e. The van der Waals surface area contributed by atoms with Crippen molar-refractivity contribution in [3.05, 3.63) is 22.5 Å². The average Bonchev–Trinajstić information content (AvgIpc) is 2.51. The minimum atomic E-state index is 0.805. The fourth-order valence-electron chi connectivity index (χ4n) is 2.52. The summed E-state index contributed by atoms with van der Waals surface area (Å²) >= 11 is 0. The molecule has 0 atom stereocenters. The molecule has 0 saturated carbocycles. The van der Waals surface area contributed by atoms with Crippen LogP contribution in [-0.4, -0.2) is 11.5 Å². The maximum absolute atomic E-state index is 5.56. The molecule has 0 spiro atoms. The van der Waals surface area contributed by atoms with Crippen molar-refractivity contribution < 1.29 is 0 Å². The molecule has 2 heteroatoms. The lowest BCUT2D eigenvalue weighted by Gasteiger charge is -2.12. The molecule has 2 rings (SSSR count). The molecule has 78 valence electrons. The van der Waals surface area contributed by atoms with Gasteiger partial charge in [-0.2, -0.15) is 0 Å². The lowest BCUT2D eigenvalue weighted by Crippen LogP contribution is -2.05. The second kappa shape index (κ2) is 4.18. The summed E-state index contributed by atoms with van der Waals surface area (Å²) < 4.78 is 0. The molecule has 1 heterocycles. The smallest absolute Gasteiger partial charge is 0.0184 e. The number of aromatic nitrogens is 1. The molecule has 2 nitrogen and oxygen atoms in total.